The SMILES string of the molecule is CC(C)(C)OC(=O)N1CCCC1C1(CN)CCCCC1. The molecule has 20 heavy (non-hydrogen) atoms. The Morgan fingerprint density at radius 3 is 2.45 bits per heavy atom. The molecule has 0 radical (unpaired) electrons. The van der Waals surface area contributed by atoms with E-state index in [1.165, 1.54) is 19.3 Å². The van der Waals surface area contributed by atoms with Gasteiger partial charge in [-0.25, -0.2) is 4.79 Å². The van der Waals surface area contributed by atoms with Gasteiger partial charge < -0.3 is 15.4 Å². The molecule has 1 aliphatic carbocycles. The monoisotopic (exact) mass is 282 g/mol. The summed E-state index contributed by atoms with van der Waals surface area (Å²) in [5, 5.41) is 0. The number of rotatable bonds is 2. The van der Waals surface area contributed by atoms with Crippen LogP contribution in [0, 0.1) is 5.41 Å². The highest BCUT2D eigenvalue weighted by molar-refractivity contribution is 5.69. The minimum Gasteiger partial charge on any atom is -0.444 e. The van der Waals surface area contributed by atoms with E-state index in [9.17, 15) is 4.79 Å². The van der Waals surface area contributed by atoms with Gasteiger partial charge in [-0.15, -0.1) is 0 Å². The van der Waals surface area contributed by atoms with Gasteiger partial charge in [-0.05, 0) is 53.0 Å². The van der Waals surface area contributed by atoms with Crippen LogP contribution in [0.15, 0.2) is 0 Å². The number of carbonyl (C=O) groups excluding carboxylic acids is 1. The number of nitrogens with two attached hydrogens (primary N) is 1. The summed E-state index contributed by atoms with van der Waals surface area (Å²) in [5.74, 6) is 0. The standard InChI is InChI=1S/C16H30N2O2/c1-15(2,3)20-14(19)18-11-7-8-13(18)16(12-17)9-5-4-6-10-16/h13H,4-12,17H2,1-3H3. The van der Waals surface area contributed by atoms with Crippen LogP contribution in [0.3, 0.4) is 0 Å². The lowest BCUT2D eigenvalue weighted by Gasteiger charge is -2.45. The fourth-order valence-corrected chi connectivity index (χ4v) is 3.87. The number of amides is 1. The third kappa shape index (κ3) is 3.27. The summed E-state index contributed by atoms with van der Waals surface area (Å²) in [6.45, 7) is 7.29. The van der Waals surface area contributed by atoms with Gasteiger partial charge in [-0.1, -0.05) is 19.3 Å². The molecule has 1 saturated carbocycles. The zero-order chi connectivity index (χ0) is 14.8. The minimum atomic E-state index is -0.424. The summed E-state index contributed by atoms with van der Waals surface area (Å²) in [6.07, 6.45) is 8.12. The number of nitrogens with zero attached hydrogens (tertiary/aromatic N) is 1. The van der Waals surface area contributed by atoms with Crippen LogP contribution in [0.25, 0.3) is 0 Å². The Morgan fingerprint density at radius 2 is 1.90 bits per heavy atom. The van der Waals surface area contributed by atoms with Crippen LogP contribution in [0.1, 0.15) is 65.7 Å². The molecule has 116 valence electrons. The maximum absolute atomic E-state index is 12.4. The van der Waals surface area contributed by atoms with E-state index >= 15 is 0 Å². The number of likely N-dealkylation sites (tertiary alicyclic amines) is 1. The molecular formula is C16H30N2O2. The van der Waals surface area contributed by atoms with Crippen molar-refractivity contribution in [3.8, 4) is 0 Å². The van der Waals surface area contributed by atoms with Crippen molar-refractivity contribution in [1.29, 1.82) is 0 Å². The van der Waals surface area contributed by atoms with Crippen molar-refractivity contribution < 1.29 is 9.53 Å². The number of ether oxygens (including phenoxy) is 1. The van der Waals surface area contributed by atoms with Crippen molar-refractivity contribution in [2.24, 2.45) is 11.1 Å². The van der Waals surface area contributed by atoms with Crippen LogP contribution in [-0.4, -0.2) is 35.7 Å². The zero-order valence-corrected chi connectivity index (χ0v) is 13.3. The molecule has 2 rings (SSSR count). The lowest BCUT2D eigenvalue weighted by molar-refractivity contribution is 0.000267. The first-order chi connectivity index (χ1) is 9.38. The molecule has 0 aromatic carbocycles. The van der Waals surface area contributed by atoms with Crippen molar-refractivity contribution in [1.82, 2.24) is 4.90 Å². The summed E-state index contributed by atoms with van der Waals surface area (Å²) in [4.78, 5) is 14.4. The van der Waals surface area contributed by atoms with Gasteiger partial charge in [0.05, 0.1) is 0 Å². The smallest absolute Gasteiger partial charge is 0.410 e. The molecule has 1 saturated heterocycles. The van der Waals surface area contributed by atoms with Gasteiger partial charge in [0.2, 0.25) is 0 Å². The maximum Gasteiger partial charge on any atom is 0.410 e. The molecule has 2 aliphatic rings. The molecule has 1 amide bonds. The molecule has 0 bridgehead atoms. The van der Waals surface area contributed by atoms with Crippen LogP contribution in [0.4, 0.5) is 4.79 Å². The van der Waals surface area contributed by atoms with E-state index in [1.807, 2.05) is 25.7 Å². The Balaban J connectivity index is 2.11. The Kier molecular flexibility index (Phi) is 4.62. The minimum absolute atomic E-state index is 0.131. The van der Waals surface area contributed by atoms with E-state index < -0.39 is 5.60 Å². The topological polar surface area (TPSA) is 55.6 Å². The average Bonchev–Trinajstić information content (AvgIpc) is 2.87. The highest BCUT2D eigenvalue weighted by Crippen LogP contribution is 2.44. The largest absolute Gasteiger partial charge is 0.444 e. The van der Waals surface area contributed by atoms with Gasteiger partial charge in [0.1, 0.15) is 5.60 Å². The highest BCUT2D eigenvalue weighted by Gasteiger charge is 2.46. The summed E-state index contributed by atoms with van der Waals surface area (Å²) in [6, 6.07) is 0.280. The molecule has 4 nitrogen and oxygen atoms in total. The maximum atomic E-state index is 12.4. The second-order valence-electron chi connectivity index (χ2n) is 7.46. The van der Waals surface area contributed by atoms with E-state index in [0.29, 0.717) is 6.54 Å². The lowest BCUT2D eigenvalue weighted by atomic mass is 9.68. The first-order valence-electron chi connectivity index (χ1n) is 8.08. The summed E-state index contributed by atoms with van der Waals surface area (Å²) < 4.78 is 5.58. The van der Waals surface area contributed by atoms with E-state index in [0.717, 1.165) is 32.2 Å². The van der Waals surface area contributed by atoms with Gasteiger partial charge in [-0.2, -0.15) is 0 Å². The first-order valence-corrected chi connectivity index (χ1v) is 8.08. The Morgan fingerprint density at radius 1 is 1.25 bits per heavy atom. The Bertz CT molecular complexity index is 343. The van der Waals surface area contributed by atoms with Crippen LogP contribution in [0.5, 0.6) is 0 Å². The van der Waals surface area contributed by atoms with Gasteiger partial charge in [0.15, 0.2) is 0 Å². The Hall–Kier alpha value is -0.770. The zero-order valence-electron chi connectivity index (χ0n) is 13.3. The number of hydrogen-bond donors (Lipinski definition) is 1. The van der Waals surface area contributed by atoms with E-state index in [2.05, 4.69) is 0 Å². The van der Waals surface area contributed by atoms with Gasteiger partial charge >= 0.3 is 6.09 Å². The molecule has 4 heteroatoms. The van der Waals surface area contributed by atoms with Gasteiger partial charge in [0.25, 0.3) is 0 Å². The second-order valence-corrected chi connectivity index (χ2v) is 7.46. The molecule has 1 aliphatic heterocycles. The number of carbonyl (C=O) groups is 1. The molecule has 0 aromatic heterocycles. The van der Waals surface area contributed by atoms with Crippen LogP contribution in [-0.2, 0) is 4.74 Å². The van der Waals surface area contributed by atoms with Gasteiger partial charge in [0, 0.05) is 18.0 Å². The quantitative estimate of drug-likeness (QED) is 0.845. The van der Waals surface area contributed by atoms with Gasteiger partial charge in [-0.3, -0.25) is 0 Å². The fraction of sp³-hybridized carbons (Fsp3) is 0.938. The van der Waals surface area contributed by atoms with Crippen molar-refractivity contribution >= 4 is 6.09 Å². The average molecular weight is 282 g/mol. The molecule has 0 aromatic rings. The predicted octanol–water partition coefficient (Wildman–Crippen LogP) is 3.30. The normalized spacial score (nSPS) is 26.6. The van der Waals surface area contributed by atoms with E-state index in [-0.39, 0.29) is 17.6 Å². The molecule has 0 spiro atoms. The van der Waals surface area contributed by atoms with Crippen molar-refractivity contribution in [2.45, 2.75) is 77.4 Å². The van der Waals surface area contributed by atoms with Crippen molar-refractivity contribution in [2.75, 3.05) is 13.1 Å². The lowest BCUT2D eigenvalue weighted by Crippen LogP contribution is -2.52. The third-order valence-electron chi connectivity index (χ3n) is 4.84. The molecule has 2 fully saturated rings. The van der Waals surface area contributed by atoms with Crippen LogP contribution >= 0.6 is 0 Å². The van der Waals surface area contributed by atoms with Crippen LogP contribution < -0.4 is 5.73 Å². The highest BCUT2D eigenvalue weighted by atomic mass is 16.6. The summed E-state index contributed by atoms with van der Waals surface area (Å²) in [7, 11) is 0. The molecule has 1 unspecified atom stereocenters. The fourth-order valence-electron chi connectivity index (χ4n) is 3.87. The van der Waals surface area contributed by atoms with Crippen molar-refractivity contribution in [3.63, 3.8) is 0 Å². The van der Waals surface area contributed by atoms with E-state index in [4.69, 9.17) is 10.5 Å². The number of hydrogen-bond acceptors (Lipinski definition) is 3. The summed E-state index contributed by atoms with van der Waals surface area (Å²) in [5.41, 5.74) is 5.84. The Labute approximate surface area is 123 Å². The predicted molar refractivity (Wildman–Crippen MR) is 80.5 cm³/mol. The summed E-state index contributed by atoms with van der Waals surface area (Å²) >= 11 is 0. The molecular weight excluding hydrogens is 252 g/mol. The second kappa shape index (κ2) is 5.92. The van der Waals surface area contributed by atoms with Crippen LogP contribution in [0.2, 0.25) is 0 Å². The molecule has 2 N–H and O–H groups in total. The first kappa shape index (κ1) is 15.6. The molecule has 1 atom stereocenters. The molecule has 1 heterocycles. The van der Waals surface area contributed by atoms with E-state index in [1.54, 1.807) is 0 Å². The third-order valence-corrected chi connectivity index (χ3v) is 4.84. The van der Waals surface area contributed by atoms with Crippen molar-refractivity contribution in [3.05, 3.63) is 0 Å².